The summed E-state index contributed by atoms with van der Waals surface area (Å²) in [5.74, 6) is -0.584. The third kappa shape index (κ3) is 4.43. The monoisotopic (exact) mass is 272 g/mol. The number of carbonyl (C=O) groups excluding carboxylic acids is 1. The Morgan fingerprint density at radius 3 is 2.70 bits per heavy atom. The van der Waals surface area contributed by atoms with Gasteiger partial charge in [0.05, 0.1) is 6.61 Å². The lowest BCUT2D eigenvalue weighted by atomic mass is 10.0. The molecule has 20 heavy (non-hydrogen) atoms. The summed E-state index contributed by atoms with van der Waals surface area (Å²) in [5.41, 5.74) is 2.86. The molecule has 0 spiro atoms. The van der Waals surface area contributed by atoms with Crippen LogP contribution in [0.1, 0.15) is 31.9 Å². The second-order valence-electron chi connectivity index (χ2n) is 4.76. The van der Waals surface area contributed by atoms with E-state index >= 15 is 0 Å². The van der Waals surface area contributed by atoms with E-state index in [9.17, 15) is 4.79 Å². The highest BCUT2D eigenvalue weighted by Gasteiger charge is 2.10. The Balaban J connectivity index is 3.02. The fourth-order valence-corrected chi connectivity index (χ4v) is 1.76. The van der Waals surface area contributed by atoms with Crippen LogP contribution in [-0.2, 0) is 9.53 Å². The number of aryl methyl sites for hydroxylation is 1. The number of hydrogen-bond donors (Lipinski definition) is 1. The fraction of sp³-hybridized carbons (Fsp3) is 0.375. The number of benzene rings is 1. The first kappa shape index (κ1) is 15.8. The largest absolute Gasteiger partial charge is 0.462 e. The molecule has 0 aliphatic carbocycles. The van der Waals surface area contributed by atoms with Gasteiger partial charge in [-0.05, 0) is 57.0 Å². The summed E-state index contributed by atoms with van der Waals surface area (Å²) in [6.45, 7) is 8.05. The number of ether oxygens (including phenoxy) is 1. The van der Waals surface area contributed by atoms with Gasteiger partial charge in [-0.2, -0.15) is 5.26 Å². The van der Waals surface area contributed by atoms with Crippen LogP contribution < -0.4 is 5.32 Å². The van der Waals surface area contributed by atoms with Crippen LogP contribution in [-0.4, -0.2) is 18.6 Å². The average molecular weight is 272 g/mol. The predicted octanol–water partition coefficient (Wildman–Crippen LogP) is 3.29. The number of hydrogen-bond acceptors (Lipinski definition) is 4. The normalized spacial score (nSPS) is 11.1. The lowest BCUT2D eigenvalue weighted by Crippen LogP contribution is -2.09. The average Bonchev–Trinajstić information content (AvgIpc) is 2.37. The third-order valence-corrected chi connectivity index (χ3v) is 2.64. The number of rotatable bonds is 5. The summed E-state index contributed by atoms with van der Waals surface area (Å²) >= 11 is 0. The molecule has 4 heteroatoms. The van der Waals surface area contributed by atoms with Gasteiger partial charge in [-0.1, -0.05) is 6.07 Å². The van der Waals surface area contributed by atoms with Crippen LogP contribution in [0.3, 0.4) is 0 Å². The first-order valence-corrected chi connectivity index (χ1v) is 6.64. The molecule has 0 atom stereocenters. The van der Waals surface area contributed by atoms with Crippen LogP contribution in [0, 0.1) is 18.3 Å². The van der Waals surface area contributed by atoms with Crippen molar-refractivity contribution in [2.75, 3.05) is 11.9 Å². The maximum Gasteiger partial charge on any atom is 0.348 e. The van der Waals surface area contributed by atoms with Crippen molar-refractivity contribution < 1.29 is 9.53 Å². The van der Waals surface area contributed by atoms with Crippen molar-refractivity contribution in [3.63, 3.8) is 0 Å². The van der Waals surface area contributed by atoms with Crippen LogP contribution in [0.2, 0.25) is 0 Å². The smallest absolute Gasteiger partial charge is 0.348 e. The molecule has 0 saturated carbocycles. The van der Waals surface area contributed by atoms with E-state index in [0.717, 1.165) is 16.8 Å². The van der Waals surface area contributed by atoms with Crippen molar-refractivity contribution in [1.82, 2.24) is 0 Å². The third-order valence-electron chi connectivity index (χ3n) is 2.64. The molecular weight excluding hydrogens is 252 g/mol. The minimum atomic E-state index is -0.584. The van der Waals surface area contributed by atoms with E-state index in [1.807, 2.05) is 31.2 Å². The van der Waals surface area contributed by atoms with E-state index < -0.39 is 5.97 Å². The second-order valence-corrected chi connectivity index (χ2v) is 4.76. The minimum absolute atomic E-state index is 0.0134. The molecule has 1 N–H and O–H groups in total. The molecule has 4 nitrogen and oxygen atoms in total. The second kappa shape index (κ2) is 7.34. The molecule has 0 aliphatic heterocycles. The molecule has 0 heterocycles. The molecule has 1 aromatic carbocycles. The SMILES string of the molecule is CCOC(=O)C(C#N)=Cc1ccc(NC(C)C)cc1C. The number of esters is 1. The lowest BCUT2D eigenvalue weighted by Gasteiger charge is -2.11. The van der Waals surface area contributed by atoms with Gasteiger partial charge in [-0.15, -0.1) is 0 Å². The molecule has 0 fully saturated rings. The summed E-state index contributed by atoms with van der Waals surface area (Å²) in [5, 5.41) is 12.3. The van der Waals surface area contributed by atoms with Crippen molar-refractivity contribution in [3.8, 4) is 6.07 Å². The highest BCUT2D eigenvalue weighted by atomic mass is 16.5. The Morgan fingerprint density at radius 2 is 2.20 bits per heavy atom. The van der Waals surface area contributed by atoms with Gasteiger partial charge < -0.3 is 10.1 Å². The van der Waals surface area contributed by atoms with Crippen LogP contribution >= 0.6 is 0 Å². The van der Waals surface area contributed by atoms with Gasteiger partial charge in [-0.3, -0.25) is 0 Å². The highest BCUT2D eigenvalue weighted by Crippen LogP contribution is 2.18. The summed E-state index contributed by atoms with van der Waals surface area (Å²) in [4.78, 5) is 11.6. The van der Waals surface area contributed by atoms with Gasteiger partial charge in [0, 0.05) is 11.7 Å². The highest BCUT2D eigenvalue weighted by molar-refractivity contribution is 5.98. The Bertz CT molecular complexity index is 554. The van der Waals surface area contributed by atoms with Gasteiger partial charge in [0.2, 0.25) is 0 Å². The van der Waals surface area contributed by atoms with Crippen molar-refractivity contribution in [1.29, 1.82) is 5.26 Å². The van der Waals surface area contributed by atoms with Crippen LogP contribution in [0.4, 0.5) is 5.69 Å². The molecule has 0 unspecified atom stereocenters. The summed E-state index contributed by atoms with van der Waals surface area (Å²) in [7, 11) is 0. The topological polar surface area (TPSA) is 62.1 Å². The number of nitriles is 1. The Kier molecular flexibility index (Phi) is 5.79. The molecule has 0 saturated heterocycles. The zero-order chi connectivity index (χ0) is 15.1. The van der Waals surface area contributed by atoms with Gasteiger partial charge in [0.1, 0.15) is 11.6 Å². The standard InChI is InChI=1S/C16H20N2O2/c1-5-20-16(19)14(10-17)9-13-6-7-15(8-12(13)4)18-11(2)3/h6-9,11,18H,5H2,1-4H3. The van der Waals surface area contributed by atoms with Gasteiger partial charge in [0.25, 0.3) is 0 Å². The number of carbonyl (C=O) groups is 1. The molecule has 0 aliphatic rings. The molecule has 1 aromatic rings. The quantitative estimate of drug-likeness (QED) is 0.507. The van der Waals surface area contributed by atoms with Crippen molar-refractivity contribution in [2.45, 2.75) is 33.7 Å². The zero-order valence-corrected chi connectivity index (χ0v) is 12.4. The fourth-order valence-electron chi connectivity index (χ4n) is 1.76. The first-order valence-electron chi connectivity index (χ1n) is 6.64. The van der Waals surface area contributed by atoms with Crippen LogP contribution in [0.15, 0.2) is 23.8 Å². The van der Waals surface area contributed by atoms with E-state index in [1.165, 1.54) is 0 Å². The van der Waals surface area contributed by atoms with Crippen LogP contribution in [0.25, 0.3) is 6.08 Å². The summed E-state index contributed by atoms with van der Waals surface area (Å²) in [6.07, 6.45) is 1.56. The van der Waals surface area contributed by atoms with Crippen LogP contribution in [0.5, 0.6) is 0 Å². The van der Waals surface area contributed by atoms with E-state index in [1.54, 1.807) is 13.0 Å². The van der Waals surface area contributed by atoms with E-state index in [4.69, 9.17) is 10.00 Å². The Morgan fingerprint density at radius 1 is 1.50 bits per heavy atom. The number of anilines is 1. The first-order chi connectivity index (χ1) is 9.47. The summed E-state index contributed by atoms with van der Waals surface area (Å²) in [6, 6.07) is 8.04. The molecule has 106 valence electrons. The van der Waals surface area contributed by atoms with E-state index in [2.05, 4.69) is 19.2 Å². The predicted molar refractivity (Wildman–Crippen MR) is 80.2 cm³/mol. The van der Waals surface area contributed by atoms with Crippen molar-refractivity contribution in [2.24, 2.45) is 0 Å². The van der Waals surface area contributed by atoms with E-state index in [-0.39, 0.29) is 12.2 Å². The number of nitrogens with zero attached hydrogens (tertiary/aromatic N) is 1. The van der Waals surface area contributed by atoms with Crippen molar-refractivity contribution >= 4 is 17.7 Å². The van der Waals surface area contributed by atoms with Gasteiger partial charge in [0.15, 0.2) is 0 Å². The molecule has 1 rings (SSSR count). The van der Waals surface area contributed by atoms with Gasteiger partial charge >= 0.3 is 5.97 Å². The minimum Gasteiger partial charge on any atom is -0.462 e. The van der Waals surface area contributed by atoms with E-state index in [0.29, 0.717) is 6.04 Å². The summed E-state index contributed by atoms with van der Waals surface area (Å²) < 4.78 is 4.84. The maximum absolute atomic E-state index is 11.6. The molecule has 0 aromatic heterocycles. The number of nitrogens with one attached hydrogen (secondary N) is 1. The van der Waals surface area contributed by atoms with Gasteiger partial charge in [-0.25, -0.2) is 4.79 Å². The Hall–Kier alpha value is -2.28. The maximum atomic E-state index is 11.6. The zero-order valence-electron chi connectivity index (χ0n) is 12.4. The van der Waals surface area contributed by atoms with Crippen molar-refractivity contribution in [3.05, 3.63) is 34.9 Å². The molecule has 0 radical (unpaired) electrons. The Labute approximate surface area is 120 Å². The molecule has 0 bridgehead atoms. The molecular formula is C16H20N2O2. The molecule has 0 amide bonds. The lowest BCUT2D eigenvalue weighted by molar-refractivity contribution is -0.137.